The molecule has 1 aliphatic rings. The summed E-state index contributed by atoms with van der Waals surface area (Å²) in [6.45, 7) is 5.19. The van der Waals surface area contributed by atoms with Crippen molar-refractivity contribution in [2.24, 2.45) is 5.92 Å². The molecule has 20 heavy (non-hydrogen) atoms. The highest BCUT2D eigenvalue weighted by Gasteiger charge is 2.21. The van der Waals surface area contributed by atoms with Gasteiger partial charge in [0.2, 0.25) is 0 Å². The highest BCUT2D eigenvalue weighted by atomic mass is 16.5. The Bertz CT molecular complexity index is 444. The number of rotatable bonds is 5. The maximum Gasteiger partial charge on any atom is 0.255 e. The van der Waals surface area contributed by atoms with E-state index in [0.717, 1.165) is 44.8 Å². The van der Waals surface area contributed by atoms with Crippen molar-refractivity contribution >= 4 is 11.6 Å². The minimum absolute atomic E-state index is 0.0508. The molecule has 0 radical (unpaired) electrons. The van der Waals surface area contributed by atoms with Gasteiger partial charge in [0.25, 0.3) is 5.91 Å². The van der Waals surface area contributed by atoms with Gasteiger partial charge in [0, 0.05) is 39.5 Å². The Morgan fingerprint density at radius 1 is 1.50 bits per heavy atom. The predicted octanol–water partition coefficient (Wildman–Crippen LogP) is 2.01. The van der Waals surface area contributed by atoms with Gasteiger partial charge in [0.15, 0.2) is 0 Å². The average molecular weight is 277 g/mol. The number of carbonyl (C=O) groups excluding carboxylic acids is 1. The first-order valence-corrected chi connectivity index (χ1v) is 7.23. The van der Waals surface area contributed by atoms with Gasteiger partial charge in [0.1, 0.15) is 0 Å². The molecule has 5 heteroatoms. The van der Waals surface area contributed by atoms with Crippen LogP contribution < -0.4 is 5.32 Å². The minimum Gasteiger partial charge on any atom is -0.383 e. The summed E-state index contributed by atoms with van der Waals surface area (Å²) in [6.07, 6.45) is 5.44. The van der Waals surface area contributed by atoms with E-state index in [9.17, 15) is 4.79 Å². The van der Waals surface area contributed by atoms with Gasteiger partial charge in [-0.05, 0) is 31.7 Å². The van der Waals surface area contributed by atoms with Crippen LogP contribution in [0.25, 0.3) is 0 Å². The fourth-order valence-corrected chi connectivity index (χ4v) is 2.52. The Balaban J connectivity index is 2.02. The van der Waals surface area contributed by atoms with Gasteiger partial charge in [-0.2, -0.15) is 0 Å². The molecular formula is C15H23N3O2. The van der Waals surface area contributed by atoms with Crippen LogP contribution in [-0.4, -0.2) is 49.1 Å². The van der Waals surface area contributed by atoms with Gasteiger partial charge in [-0.1, -0.05) is 0 Å². The summed E-state index contributed by atoms with van der Waals surface area (Å²) >= 11 is 0. The van der Waals surface area contributed by atoms with E-state index in [1.165, 1.54) is 0 Å². The fraction of sp³-hybridized carbons (Fsp3) is 0.600. The first-order valence-electron chi connectivity index (χ1n) is 7.23. The maximum absolute atomic E-state index is 12.5. The van der Waals surface area contributed by atoms with Crippen LogP contribution in [0.5, 0.6) is 0 Å². The van der Waals surface area contributed by atoms with Crippen molar-refractivity contribution in [1.82, 2.24) is 9.88 Å². The van der Waals surface area contributed by atoms with E-state index in [2.05, 4.69) is 10.3 Å². The lowest BCUT2D eigenvalue weighted by atomic mass is 9.99. The normalized spacial score (nSPS) is 15.9. The smallest absolute Gasteiger partial charge is 0.255 e. The first-order chi connectivity index (χ1) is 9.72. The van der Waals surface area contributed by atoms with Crippen LogP contribution >= 0.6 is 0 Å². The lowest BCUT2D eigenvalue weighted by Gasteiger charge is -2.27. The molecule has 0 unspecified atom stereocenters. The largest absolute Gasteiger partial charge is 0.383 e. The lowest BCUT2D eigenvalue weighted by Crippen LogP contribution is -2.34. The Morgan fingerprint density at radius 2 is 2.25 bits per heavy atom. The van der Waals surface area contributed by atoms with Gasteiger partial charge < -0.3 is 15.0 Å². The van der Waals surface area contributed by atoms with Crippen molar-refractivity contribution in [3.05, 3.63) is 24.0 Å². The summed E-state index contributed by atoms with van der Waals surface area (Å²) in [5, 5.41) is 3.19. The lowest BCUT2D eigenvalue weighted by molar-refractivity contribution is 0.0497. The van der Waals surface area contributed by atoms with Crippen molar-refractivity contribution in [2.45, 2.75) is 19.8 Å². The number of aromatic nitrogens is 1. The summed E-state index contributed by atoms with van der Waals surface area (Å²) < 4.78 is 5.36. The molecule has 1 aliphatic heterocycles. The third-order valence-corrected chi connectivity index (χ3v) is 3.64. The Labute approximate surface area is 120 Å². The fourth-order valence-electron chi connectivity index (χ4n) is 2.52. The van der Waals surface area contributed by atoms with E-state index in [4.69, 9.17) is 4.74 Å². The van der Waals surface area contributed by atoms with Crippen LogP contribution in [0.3, 0.4) is 0 Å². The van der Waals surface area contributed by atoms with Crippen LogP contribution in [0, 0.1) is 5.92 Å². The van der Waals surface area contributed by atoms with E-state index in [1.54, 1.807) is 18.5 Å². The van der Waals surface area contributed by atoms with E-state index in [0.29, 0.717) is 11.5 Å². The van der Waals surface area contributed by atoms with Crippen LogP contribution in [-0.2, 0) is 4.74 Å². The molecule has 0 aliphatic carbocycles. The monoisotopic (exact) mass is 277 g/mol. The summed E-state index contributed by atoms with van der Waals surface area (Å²) in [4.78, 5) is 18.4. The van der Waals surface area contributed by atoms with Gasteiger partial charge >= 0.3 is 0 Å². The minimum atomic E-state index is 0.0508. The average Bonchev–Trinajstić information content (AvgIpc) is 2.48. The Morgan fingerprint density at radius 3 is 2.95 bits per heavy atom. The summed E-state index contributed by atoms with van der Waals surface area (Å²) in [7, 11) is 1.87. The van der Waals surface area contributed by atoms with E-state index in [1.807, 2.05) is 18.9 Å². The molecule has 1 aromatic heterocycles. The molecular weight excluding hydrogens is 254 g/mol. The molecule has 0 bridgehead atoms. The third-order valence-electron chi connectivity index (χ3n) is 3.64. The van der Waals surface area contributed by atoms with Gasteiger partial charge in [0.05, 0.1) is 17.4 Å². The number of nitrogens with zero attached hydrogens (tertiary/aromatic N) is 2. The van der Waals surface area contributed by atoms with E-state index >= 15 is 0 Å². The number of ether oxygens (including phenoxy) is 1. The number of nitrogens with one attached hydrogen (secondary N) is 1. The van der Waals surface area contributed by atoms with Gasteiger partial charge in [-0.3, -0.25) is 9.78 Å². The van der Waals surface area contributed by atoms with Crippen molar-refractivity contribution in [1.29, 1.82) is 0 Å². The zero-order valence-corrected chi connectivity index (χ0v) is 12.3. The van der Waals surface area contributed by atoms with Gasteiger partial charge in [-0.15, -0.1) is 0 Å². The molecule has 0 aromatic carbocycles. The molecule has 0 atom stereocenters. The molecule has 1 amide bonds. The standard InChI is InChI=1S/C15H23N3O2/c1-3-17-14-10-16-7-4-13(14)15(19)18(2)11-12-5-8-20-9-6-12/h4,7,10,12,17H,3,5-6,8-9,11H2,1-2H3. The second-order valence-electron chi connectivity index (χ2n) is 5.19. The zero-order chi connectivity index (χ0) is 14.4. The SMILES string of the molecule is CCNc1cnccc1C(=O)N(C)CC1CCOCC1. The van der Waals surface area contributed by atoms with Crippen molar-refractivity contribution in [2.75, 3.05) is 38.7 Å². The number of anilines is 1. The summed E-state index contributed by atoms with van der Waals surface area (Å²) in [6, 6.07) is 1.78. The number of pyridine rings is 1. The molecule has 1 aromatic rings. The highest BCUT2D eigenvalue weighted by Crippen LogP contribution is 2.19. The molecule has 5 nitrogen and oxygen atoms in total. The molecule has 110 valence electrons. The first kappa shape index (κ1) is 14.8. The quantitative estimate of drug-likeness (QED) is 0.894. The van der Waals surface area contributed by atoms with Crippen LogP contribution in [0.15, 0.2) is 18.5 Å². The topological polar surface area (TPSA) is 54.5 Å². The van der Waals surface area contributed by atoms with E-state index in [-0.39, 0.29) is 5.91 Å². The van der Waals surface area contributed by atoms with Crippen molar-refractivity contribution < 1.29 is 9.53 Å². The number of hydrogen-bond donors (Lipinski definition) is 1. The molecule has 2 heterocycles. The Hall–Kier alpha value is -1.62. The molecule has 1 saturated heterocycles. The summed E-state index contributed by atoms with van der Waals surface area (Å²) in [5.74, 6) is 0.594. The zero-order valence-electron chi connectivity index (χ0n) is 12.3. The second kappa shape index (κ2) is 7.24. The molecule has 0 saturated carbocycles. The summed E-state index contributed by atoms with van der Waals surface area (Å²) in [5.41, 5.74) is 1.50. The number of carbonyl (C=O) groups is 1. The molecule has 0 spiro atoms. The molecule has 1 N–H and O–H groups in total. The predicted molar refractivity (Wildman–Crippen MR) is 78.9 cm³/mol. The highest BCUT2D eigenvalue weighted by molar-refractivity contribution is 5.99. The van der Waals surface area contributed by atoms with Crippen molar-refractivity contribution in [3.63, 3.8) is 0 Å². The third kappa shape index (κ3) is 3.70. The van der Waals surface area contributed by atoms with Crippen LogP contribution in [0.1, 0.15) is 30.1 Å². The molecule has 2 rings (SSSR count). The number of amides is 1. The van der Waals surface area contributed by atoms with Crippen LogP contribution in [0.4, 0.5) is 5.69 Å². The number of hydrogen-bond acceptors (Lipinski definition) is 4. The Kier molecular flexibility index (Phi) is 5.35. The van der Waals surface area contributed by atoms with Crippen molar-refractivity contribution in [3.8, 4) is 0 Å². The van der Waals surface area contributed by atoms with Crippen LogP contribution in [0.2, 0.25) is 0 Å². The maximum atomic E-state index is 12.5. The molecule has 1 fully saturated rings. The van der Waals surface area contributed by atoms with E-state index < -0.39 is 0 Å². The second-order valence-corrected chi connectivity index (χ2v) is 5.19. The van der Waals surface area contributed by atoms with Gasteiger partial charge in [-0.25, -0.2) is 0 Å².